The first-order chi connectivity index (χ1) is 11.7. The number of rotatable bonds is 4. The summed E-state index contributed by atoms with van der Waals surface area (Å²) in [6.07, 6.45) is -0.128. The van der Waals surface area contributed by atoms with Gasteiger partial charge in [0.2, 0.25) is 0 Å². The molecule has 2 heterocycles. The molecule has 4 rings (SSSR count). The van der Waals surface area contributed by atoms with Crippen molar-refractivity contribution in [1.29, 1.82) is 0 Å². The number of hydrogen-bond acceptors (Lipinski definition) is 6. The number of aliphatic carboxylic acids is 1. The molecule has 0 saturated carbocycles. The van der Waals surface area contributed by atoms with E-state index in [1.807, 2.05) is 36.4 Å². The molecule has 0 spiro atoms. The molecule has 0 unspecified atom stereocenters. The van der Waals surface area contributed by atoms with E-state index in [4.69, 9.17) is 9.15 Å². The van der Waals surface area contributed by atoms with E-state index in [0.717, 1.165) is 33.9 Å². The van der Waals surface area contributed by atoms with Crippen molar-refractivity contribution < 1.29 is 19.1 Å². The molecular formula is C17H12N2O4S. The van der Waals surface area contributed by atoms with E-state index in [2.05, 4.69) is 8.75 Å². The maximum Gasteiger partial charge on any atom is 0.307 e. The second-order valence-electron chi connectivity index (χ2n) is 5.28. The van der Waals surface area contributed by atoms with E-state index in [1.165, 1.54) is 0 Å². The molecule has 7 heteroatoms. The molecule has 2 aromatic carbocycles. The lowest BCUT2D eigenvalue weighted by atomic mass is 10.0. The average molecular weight is 340 g/mol. The number of ether oxygens (including phenoxy) is 1. The summed E-state index contributed by atoms with van der Waals surface area (Å²) in [5.74, 6) is 0.347. The Labute approximate surface area is 140 Å². The van der Waals surface area contributed by atoms with Crippen molar-refractivity contribution in [3.05, 3.63) is 42.0 Å². The summed E-state index contributed by atoms with van der Waals surface area (Å²) in [7, 11) is 1.60. The van der Waals surface area contributed by atoms with Crippen molar-refractivity contribution >= 4 is 39.7 Å². The number of hydrogen-bond donors (Lipinski definition) is 1. The van der Waals surface area contributed by atoms with E-state index >= 15 is 0 Å². The van der Waals surface area contributed by atoms with Crippen molar-refractivity contribution in [3.63, 3.8) is 0 Å². The Hall–Kier alpha value is -2.93. The maximum absolute atomic E-state index is 11.3. The van der Waals surface area contributed by atoms with Crippen LogP contribution in [0, 0.1) is 0 Å². The van der Waals surface area contributed by atoms with Gasteiger partial charge in [-0.25, -0.2) is 0 Å². The van der Waals surface area contributed by atoms with Crippen LogP contribution in [-0.2, 0) is 11.2 Å². The van der Waals surface area contributed by atoms with Gasteiger partial charge in [0.15, 0.2) is 5.58 Å². The molecule has 1 N–H and O–H groups in total. The first-order valence-electron chi connectivity index (χ1n) is 7.20. The Morgan fingerprint density at radius 2 is 2.00 bits per heavy atom. The summed E-state index contributed by atoms with van der Waals surface area (Å²) in [5.41, 5.74) is 3.40. The lowest BCUT2D eigenvalue weighted by Crippen LogP contribution is -2.00. The van der Waals surface area contributed by atoms with Crippen molar-refractivity contribution in [2.24, 2.45) is 0 Å². The maximum atomic E-state index is 11.3. The Balaban J connectivity index is 1.99. The van der Waals surface area contributed by atoms with Gasteiger partial charge in [-0.3, -0.25) is 4.79 Å². The molecule has 0 radical (unpaired) electrons. The number of furan rings is 1. The predicted molar refractivity (Wildman–Crippen MR) is 90.5 cm³/mol. The van der Waals surface area contributed by atoms with E-state index < -0.39 is 5.97 Å². The summed E-state index contributed by atoms with van der Waals surface area (Å²) in [6, 6.07) is 11.0. The van der Waals surface area contributed by atoms with Gasteiger partial charge in [0, 0.05) is 16.5 Å². The standard InChI is InChI=1S/C17H12N2O4S/c1-22-10-4-2-9(3-5-10)16-12(8-14(20)21)11-6-7-13-15(17(11)23-16)19-24-18-13/h2-7H,8H2,1H3,(H,20,21). The number of carbonyl (C=O) groups is 1. The summed E-state index contributed by atoms with van der Waals surface area (Å²) < 4.78 is 19.7. The van der Waals surface area contributed by atoms with Crippen LogP contribution in [0.1, 0.15) is 5.56 Å². The molecule has 0 aliphatic heterocycles. The highest BCUT2D eigenvalue weighted by atomic mass is 32.1. The van der Waals surface area contributed by atoms with Crippen LogP contribution in [0.15, 0.2) is 40.8 Å². The smallest absolute Gasteiger partial charge is 0.307 e. The SMILES string of the molecule is COc1ccc(-c2oc3c(ccc4nsnc43)c2CC(=O)O)cc1. The van der Waals surface area contributed by atoms with E-state index in [1.54, 1.807) is 7.11 Å². The molecule has 0 atom stereocenters. The topological polar surface area (TPSA) is 85.5 Å². The first kappa shape index (κ1) is 14.6. The lowest BCUT2D eigenvalue weighted by Gasteiger charge is -2.03. The summed E-state index contributed by atoms with van der Waals surface area (Å²) in [4.78, 5) is 11.3. The molecule has 24 heavy (non-hydrogen) atoms. The summed E-state index contributed by atoms with van der Waals surface area (Å²) in [6.45, 7) is 0. The molecule has 6 nitrogen and oxygen atoms in total. The van der Waals surface area contributed by atoms with Crippen LogP contribution in [0.5, 0.6) is 5.75 Å². The highest BCUT2D eigenvalue weighted by Crippen LogP contribution is 2.37. The minimum atomic E-state index is -0.913. The molecule has 0 aliphatic rings. The third-order valence-corrected chi connectivity index (χ3v) is 4.41. The number of fused-ring (bicyclic) bond motifs is 3. The van der Waals surface area contributed by atoms with Gasteiger partial charge in [0.1, 0.15) is 22.5 Å². The minimum absolute atomic E-state index is 0.128. The molecule has 0 amide bonds. The quantitative estimate of drug-likeness (QED) is 0.609. The highest BCUT2D eigenvalue weighted by Gasteiger charge is 2.21. The van der Waals surface area contributed by atoms with Gasteiger partial charge in [-0.1, -0.05) is 0 Å². The van der Waals surface area contributed by atoms with Crippen LogP contribution in [-0.4, -0.2) is 26.9 Å². The van der Waals surface area contributed by atoms with Gasteiger partial charge in [-0.05, 0) is 36.4 Å². The molecule has 0 fully saturated rings. The fraction of sp³-hybridized carbons (Fsp3) is 0.118. The number of nitrogens with zero attached hydrogens (tertiary/aromatic N) is 2. The van der Waals surface area contributed by atoms with Crippen molar-refractivity contribution in [3.8, 4) is 17.1 Å². The Bertz CT molecular complexity index is 1050. The average Bonchev–Trinajstić information content (AvgIpc) is 3.19. The third kappa shape index (κ3) is 2.30. The van der Waals surface area contributed by atoms with Gasteiger partial charge < -0.3 is 14.3 Å². The Morgan fingerprint density at radius 3 is 2.71 bits per heavy atom. The molecule has 0 saturated heterocycles. The number of carboxylic acid groups (broad SMARTS) is 1. The van der Waals surface area contributed by atoms with Crippen molar-refractivity contribution in [1.82, 2.24) is 8.75 Å². The van der Waals surface area contributed by atoms with Crippen LogP contribution >= 0.6 is 11.7 Å². The van der Waals surface area contributed by atoms with Gasteiger partial charge in [-0.2, -0.15) is 8.75 Å². The van der Waals surface area contributed by atoms with Crippen LogP contribution in [0.4, 0.5) is 0 Å². The van der Waals surface area contributed by atoms with Crippen molar-refractivity contribution in [2.75, 3.05) is 7.11 Å². The second-order valence-corrected chi connectivity index (χ2v) is 5.81. The zero-order valence-corrected chi connectivity index (χ0v) is 13.5. The normalized spacial score (nSPS) is 11.2. The number of benzene rings is 2. The van der Waals surface area contributed by atoms with Gasteiger partial charge >= 0.3 is 5.97 Å². The Kier molecular flexibility index (Phi) is 3.42. The second kappa shape index (κ2) is 5.61. The van der Waals surface area contributed by atoms with E-state index in [-0.39, 0.29) is 6.42 Å². The fourth-order valence-electron chi connectivity index (χ4n) is 2.76. The molecule has 120 valence electrons. The zero-order valence-electron chi connectivity index (χ0n) is 12.6. The van der Waals surface area contributed by atoms with Crippen LogP contribution in [0.3, 0.4) is 0 Å². The molecule has 2 aromatic heterocycles. The summed E-state index contributed by atoms with van der Waals surface area (Å²) >= 11 is 1.10. The Morgan fingerprint density at radius 1 is 1.21 bits per heavy atom. The van der Waals surface area contributed by atoms with Crippen molar-refractivity contribution in [2.45, 2.75) is 6.42 Å². The first-order valence-corrected chi connectivity index (χ1v) is 7.93. The van der Waals surface area contributed by atoms with E-state index in [9.17, 15) is 9.90 Å². The van der Waals surface area contributed by atoms with Gasteiger partial charge in [-0.15, -0.1) is 0 Å². The third-order valence-electron chi connectivity index (χ3n) is 3.87. The van der Waals surface area contributed by atoms with Crippen LogP contribution in [0.25, 0.3) is 33.3 Å². The summed E-state index contributed by atoms with van der Waals surface area (Å²) in [5, 5.41) is 10.0. The molecule has 0 bridgehead atoms. The molecular weight excluding hydrogens is 328 g/mol. The van der Waals surface area contributed by atoms with E-state index in [0.29, 0.717) is 22.4 Å². The number of carboxylic acids is 1. The fourth-order valence-corrected chi connectivity index (χ4v) is 3.29. The van der Waals surface area contributed by atoms with Crippen LogP contribution in [0.2, 0.25) is 0 Å². The number of methoxy groups -OCH3 is 1. The highest BCUT2D eigenvalue weighted by molar-refractivity contribution is 7.00. The molecule has 4 aromatic rings. The zero-order chi connectivity index (χ0) is 16.7. The minimum Gasteiger partial charge on any atom is -0.497 e. The van der Waals surface area contributed by atoms with Gasteiger partial charge in [0.05, 0.1) is 25.3 Å². The van der Waals surface area contributed by atoms with Gasteiger partial charge in [0.25, 0.3) is 0 Å². The largest absolute Gasteiger partial charge is 0.497 e. The monoisotopic (exact) mass is 340 g/mol. The lowest BCUT2D eigenvalue weighted by molar-refractivity contribution is -0.136. The molecule has 0 aliphatic carbocycles. The van der Waals surface area contributed by atoms with Crippen LogP contribution < -0.4 is 4.74 Å². The number of aromatic nitrogens is 2. The predicted octanol–water partition coefficient (Wildman–Crippen LogP) is 3.74.